The standard InChI is InChI=1S/C17H20ClN3.C13H18O2/c1-3-12-11-19-17(18)14-5-4-6-15(16(12)14)20-13-7-9-21(2)10-8-13;1-9-6-7-11(10(2)8-9)12(14)15-13(3,4)5/h3-6,11,13,20H,1,7-10H2,2H3;6-8H,1-5H3. The quantitative estimate of drug-likeness (QED) is 0.296. The van der Waals surface area contributed by atoms with E-state index < -0.39 is 5.60 Å². The predicted octanol–water partition coefficient (Wildman–Crippen LogP) is 7.30. The molecule has 1 aliphatic rings. The van der Waals surface area contributed by atoms with Crippen LogP contribution >= 0.6 is 11.6 Å². The molecule has 1 N–H and O–H groups in total. The second kappa shape index (κ2) is 11.9. The Morgan fingerprint density at radius 2 is 1.89 bits per heavy atom. The molecule has 36 heavy (non-hydrogen) atoms. The van der Waals surface area contributed by atoms with E-state index in [0.29, 0.717) is 16.8 Å². The Bertz CT molecular complexity index is 1220. The Hall–Kier alpha value is -2.89. The minimum Gasteiger partial charge on any atom is -0.456 e. The minimum atomic E-state index is -0.436. The molecule has 1 aromatic heterocycles. The summed E-state index contributed by atoms with van der Waals surface area (Å²) in [5.41, 5.74) is 4.47. The largest absolute Gasteiger partial charge is 0.456 e. The lowest BCUT2D eigenvalue weighted by Gasteiger charge is -2.30. The van der Waals surface area contributed by atoms with Gasteiger partial charge in [-0.2, -0.15) is 0 Å². The number of rotatable bonds is 4. The predicted molar refractivity (Wildman–Crippen MR) is 152 cm³/mol. The number of ether oxygens (including phenoxy) is 1. The van der Waals surface area contributed by atoms with Crippen molar-refractivity contribution in [3.8, 4) is 0 Å². The molecule has 0 saturated carbocycles. The number of likely N-dealkylation sites (tertiary alicyclic amines) is 1. The first-order valence-electron chi connectivity index (χ1n) is 12.4. The molecule has 2 aromatic carbocycles. The summed E-state index contributed by atoms with van der Waals surface area (Å²) in [6.45, 7) is 15.7. The SMILES string of the molecule is C=Cc1cnc(Cl)c2cccc(NC3CCN(C)CC3)c12.Cc1ccc(C(=O)OC(C)(C)C)c(C)c1. The van der Waals surface area contributed by atoms with Gasteiger partial charge in [-0.25, -0.2) is 9.78 Å². The second-order valence-electron chi connectivity index (χ2n) is 10.5. The van der Waals surface area contributed by atoms with Gasteiger partial charge in [0.2, 0.25) is 0 Å². The summed E-state index contributed by atoms with van der Waals surface area (Å²) in [5.74, 6) is -0.250. The van der Waals surface area contributed by atoms with Crippen molar-refractivity contribution in [2.75, 3.05) is 25.5 Å². The van der Waals surface area contributed by atoms with E-state index in [1.54, 1.807) is 6.20 Å². The van der Waals surface area contributed by atoms with Crippen molar-refractivity contribution in [2.24, 2.45) is 0 Å². The zero-order valence-electron chi connectivity index (χ0n) is 22.3. The molecule has 4 rings (SSSR count). The average Bonchev–Trinajstić information content (AvgIpc) is 2.80. The molecule has 1 fully saturated rings. The lowest BCUT2D eigenvalue weighted by Crippen LogP contribution is -2.36. The molecule has 1 aliphatic heterocycles. The number of halogens is 1. The van der Waals surface area contributed by atoms with Gasteiger partial charge in [0, 0.05) is 34.3 Å². The first-order chi connectivity index (χ1) is 17.0. The fourth-order valence-corrected chi connectivity index (χ4v) is 4.53. The van der Waals surface area contributed by atoms with Crippen LogP contribution in [0.3, 0.4) is 0 Å². The van der Waals surface area contributed by atoms with Gasteiger partial charge in [-0.1, -0.05) is 54.1 Å². The van der Waals surface area contributed by atoms with E-state index in [0.717, 1.165) is 59.1 Å². The summed E-state index contributed by atoms with van der Waals surface area (Å²) in [6, 6.07) is 12.4. The van der Waals surface area contributed by atoms with Gasteiger partial charge >= 0.3 is 5.97 Å². The number of anilines is 1. The highest BCUT2D eigenvalue weighted by Gasteiger charge is 2.19. The molecule has 0 aliphatic carbocycles. The van der Waals surface area contributed by atoms with Crippen molar-refractivity contribution in [1.29, 1.82) is 0 Å². The number of carbonyl (C=O) groups is 1. The smallest absolute Gasteiger partial charge is 0.338 e. The molecular weight excluding hydrogens is 470 g/mol. The number of aryl methyl sites for hydroxylation is 2. The van der Waals surface area contributed by atoms with Crippen LogP contribution in [0.1, 0.15) is 60.7 Å². The highest BCUT2D eigenvalue weighted by Crippen LogP contribution is 2.32. The zero-order chi connectivity index (χ0) is 26.5. The lowest BCUT2D eigenvalue weighted by molar-refractivity contribution is 0.00687. The Morgan fingerprint density at radius 3 is 2.50 bits per heavy atom. The van der Waals surface area contributed by atoms with Crippen molar-refractivity contribution in [3.05, 3.63) is 76.6 Å². The average molecular weight is 508 g/mol. The molecule has 0 bridgehead atoms. The molecule has 1 saturated heterocycles. The lowest BCUT2D eigenvalue weighted by atomic mass is 10.0. The molecule has 0 amide bonds. The maximum absolute atomic E-state index is 11.8. The monoisotopic (exact) mass is 507 g/mol. The zero-order valence-corrected chi connectivity index (χ0v) is 23.1. The third kappa shape index (κ3) is 7.31. The normalized spacial score (nSPS) is 14.6. The summed E-state index contributed by atoms with van der Waals surface area (Å²) in [5, 5.41) is 6.33. The summed E-state index contributed by atoms with van der Waals surface area (Å²) >= 11 is 6.24. The number of pyridine rings is 1. The molecule has 5 nitrogen and oxygen atoms in total. The number of esters is 1. The number of benzene rings is 2. The molecule has 0 unspecified atom stereocenters. The van der Waals surface area contributed by atoms with Gasteiger partial charge in [0.05, 0.1) is 5.56 Å². The van der Waals surface area contributed by atoms with E-state index in [1.165, 1.54) is 0 Å². The van der Waals surface area contributed by atoms with Crippen molar-refractivity contribution in [1.82, 2.24) is 9.88 Å². The summed E-state index contributed by atoms with van der Waals surface area (Å²) in [7, 11) is 2.18. The van der Waals surface area contributed by atoms with E-state index in [-0.39, 0.29) is 5.97 Å². The van der Waals surface area contributed by atoms with Crippen LogP contribution in [0.2, 0.25) is 5.15 Å². The van der Waals surface area contributed by atoms with Gasteiger partial charge < -0.3 is 15.0 Å². The molecular formula is C30H38ClN3O2. The van der Waals surface area contributed by atoms with E-state index >= 15 is 0 Å². The first-order valence-corrected chi connectivity index (χ1v) is 12.8. The van der Waals surface area contributed by atoms with Crippen LogP contribution in [-0.2, 0) is 4.74 Å². The number of nitrogens with one attached hydrogen (secondary N) is 1. The Morgan fingerprint density at radius 1 is 1.19 bits per heavy atom. The van der Waals surface area contributed by atoms with Crippen molar-refractivity contribution in [3.63, 3.8) is 0 Å². The molecule has 3 aromatic rings. The second-order valence-corrected chi connectivity index (χ2v) is 10.8. The van der Waals surface area contributed by atoms with Crippen LogP contribution in [0, 0.1) is 13.8 Å². The van der Waals surface area contributed by atoms with Gasteiger partial charge in [-0.15, -0.1) is 0 Å². The van der Waals surface area contributed by atoms with Crippen molar-refractivity contribution in [2.45, 2.75) is 59.1 Å². The number of hydrogen-bond acceptors (Lipinski definition) is 5. The minimum absolute atomic E-state index is 0.250. The van der Waals surface area contributed by atoms with E-state index in [1.807, 2.05) is 71.0 Å². The third-order valence-electron chi connectivity index (χ3n) is 6.19. The summed E-state index contributed by atoms with van der Waals surface area (Å²) in [6.07, 6.45) is 5.95. The van der Waals surface area contributed by atoms with E-state index in [4.69, 9.17) is 16.3 Å². The fourth-order valence-electron chi connectivity index (χ4n) is 4.32. The van der Waals surface area contributed by atoms with Gasteiger partial charge in [-0.05, 0) is 85.3 Å². The molecule has 2 heterocycles. The maximum atomic E-state index is 11.8. The van der Waals surface area contributed by atoms with Gasteiger partial charge in [0.25, 0.3) is 0 Å². The summed E-state index contributed by atoms with van der Waals surface area (Å²) in [4.78, 5) is 18.4. The highest BCUT2D eigenvalue weighted by atomic mass is 35.5. The number of carbonyl (C=O) groups excluding carboxylic acids is 1. The molecule has 0 spiro atoms. The number of fused-ring (bicyclic) bond motifs is 1. The van der Waals surface area contributed by atoms with E-state index in [9.17, 15) is 4.79 Å². The van der Waals surface area contributed by atoms with Crippen molar-refractivity contribution < 1.29 is 9.53 Å². The Labute approximate surface area is 220 Å². The van der Waals surface area contributed by atoms with Crippen LogP contribution in [0.25, 0.3) is 16.8 Å². The number of nitrogens with zero attached hydrogens (tertiary/aromatic N) is 2. The summed E-state index contributed by atoms with van der Waals surface area (Å²) < 4.78 is 5.31. The maximum Gasteiger partial charge on any atom is 0.338 e. The van der Waals surface area contributed by atoms with Crippen LogP contribution in [0.4, 0.5) is 5.69 Å². The van der Waals surface area contributed by atoms with Crippen LogP contribution in [0.15, 0.2) is 49.2 Å². The highest BCUT2D eigenvalue weighted by molar-refractivity contribution is 6.35. The Balaban J connectivity index is 0.000000214. The molecule has 0 atom stereocenters. The number of piperidine rings is 1. The number of hydrogen-bond donors (Lipinski definition) is 1. The van der Waals surface area contributed by atoms with Gasteiger partial charge in [0.1, 0.15) is 10.8 Å². The first kappa shape index (κ1) is 27.7. The topological polar surface area (TPSA) is 54.5 Å². The molecule has 192 valence electrons. The Kier molecular flexibility index (Phi) is 9.15. The molecule has 6 heteroatoms. The third-order valence-corrected chi connectivity index (χ3v) is 6.49. The molecule has 0 radical (unpaired) electrons. The van der Waals surface area contributed by atoms with Crippen LogP contribution < -0.4 is 5.32 Å². The fraction of sp³-hybridized carbons (Fsp3) is 0.400. The van der Waals surface area contributed by atoms with Gasteiger partial charge in [0.15, 0.2) is 0 Å². The van der Waals surface area contributed by atoms with Crippen LogP contribution in [0.5, 0.6) is 0 Å². The van der Waals surface area contributed by atoms with Crippen LogP contribution in [-0.4, -0.2) is 47.6 Å². The van der Waals surface area contributed by atoms with Crippen molar-refractivity contribution >= 4 is 40.1 Å². The number of aromatic nitrogens is 1. The van der Waals surface area contributed by atoms with Gasteiger partial charge in [-0.3, -0.25) is 0 Å². The van der Waals surface area contributed by atoms with E-state index in [2.05, 4.69) is 34.9 Å².